The summed E-state index contributed by atoms with van der Waals surface area (Å²) in [7, 11) is 0. The number of rotatable bonds is 4. The van der Waals surface area contributed by atoms with E-state index in [2.05, 4.69) is 16.4 Å². The van der Waals surface area contributed by atoms with Crippen LogP contribution in [0.15, 0.2) is 6.07 Å². The average molecular weight is 272 g/mol. The number of likely N-dealkylation sites (tertiary alicyclic amines) is 1. The molecule has 0 atom stereocenters. The van der Waals surface area contributed by atoms with Gasteiger partial charge < -0.3 is 10.2 Å². The molecule has 0 aromatic carbocycles. The third-order valence-corrected chi connectivity index (χ3v) is 3.55. The molecule has 5 heteroatoms. The summed E-state index contributed by atoms with van der Waals surface area (Å²) in [6, 6.07) is 4.02. The SMILES string of the molecule is Cc1cc(NCCC(=O)N2CCCC2)c(C#N)c(C)n1. The first-order valence-electron chi connectivity index (χ1n) is 7.02. The molecule has 20 heavy (non-hydrogen) atoms. The summed E-state index contributed by atoms with van der Waals surface area (Å²) in [5.74, 6) is 0.191. The second-order valence-corrected chi connectivity index (χ2v) is 5.15. The number of amides is 1. The monoisotopic (exact) mass is 272 g/mol. The van der Waals surface area contributed by atoms with E-state index in [-0.39, 0.29) is 5.91 Å². The Morgan fingerprint density at radius 2 is 2.15 bits per heavy atom. The molecular formula is C15H20N4O. The Bertz CT molecular complexity index is 542. The Kier molecular flexibility index (Phi) is 4.57. The van der Waals surface area contributed by atoms with E-state index in [9.17, 15) is 4.79 Å². The molecule has 1 aliphatic heterocycles. The highest BCUT2D eigenvalue weighted by atomic mass is 16.2. The van der Waals surface area contributed by atoms with Crippen molar-refractivity contribution in [3.63, 3.8) is 0 Å². The molecule has 2 heterocycles. The second-order valence-electron chi connectivity index (χ2n) is 5.15. The molecule has 106 valence electrons. The molecule has 2 rings (SSSR count). The summed E-state index contributed by atoms with van der Waals surface area (Å²) in [6.45, 7) is 6.04. The van der Waals surface area contributed by atoms with Crippen LogP contribution in [0.2, 0.25) is 0 Å². The highest BCUT2D eigenvalue weighted by Crippen LogP contribution is 2.18. The van der Waals surface area contributed by atoms with Gasteiger partial charge in [0, 0.05) is 31.7 Å². The maximum Gasteiger partial charge on any atom is 0.224 e. The van der Waals surface area contributed by atoms with Crippen molar-refractivity contribution in [1.82, 2.24) is 9.88 Å². The standard InChI is InChI=1S/C15H20N4O/c1-11-9-14(13(10-16)12(2)18-11)17-6-5-15(20)19-7-3-4-8-19/h9H,3-8H2,1-2H3,(H,17,18). The Labute approximate surface area is 119 Å². The number of pyridine rings is 1. The van der Waals surface area contributed by atoms with Gasteiger partial charge in [0.1, 0.15) is 6.07 Å². The van der Waals surface area contributed by atoms with Crippen LogP contribution in [0.5, 0.6) is 0 Å². The number of anilines is 1. The molecule has 1 aliphatic rings. The molecule has 1 aromatic heterocycles. The smallest absolute Gasteiger partial charge is 0.224 e. The van der Waals surface area contributed by atoms with Crippen molar-refractivity contribution in [2.24, 2.45) is 0 Å². The third kappa shape index (κ3) is 3.27. The molecule has 1 N–H and O–H groups in total. The van der Waals surface area contributed by atoms with Crippen LogP contribution >= 0.6 is 0 Å². The van der Waals surface area contributed by atoms with Crippen molar-refractivity contribution in [2.75, 3.05) is 25.0 Å². The summed E-state index contributed by atoms with van der Waals surface area (Å²) in [5.41, 5.74) is 2.92. The first kappa shape index (κ1) is 14.3. The van der Waals surface area contributed by atoms with Crippen LogP contribution in [0.25, 0.3) is 0 Å². The minimum absolute atomic E-state index is 0.191. The number of carbonyl (C=O) groups is 1. The summed E-state index contributed by atoms with van der Waals surface area (Å²) in [6.07, 6.45) is 2.69. The molecular weight excluding hydrogens is 252 g/mol. The van der Waals surface area contributed by atoms with Crippen molar-refractivity contribution < 1.29 is 4.79 Å². The Balaban J connectivity index is 1.94. The van der Waals surface area contributed by atoms with Gasteiger partial charge in [-0.3, -0.25) is 9.78 Å². The van der Waals surface area contributed by atoms with Crippen LogP contribution in [0.4, 0.5) is 5.69 Å². The van der Waals surface area contributed by atoms with Crippen molar-refractivity contribution >= 4 is 11.6 Å². The highest BCUT2D eigenvalue weighted by Gasteiger charge is 2.17. The van der Waals surface area contributed by atoms with E-state index >= 15 is 0 Å². The maximum atomic E-state index is 11.9. The van der Waals surface area contributed by atoms with Crippen molar-refractivity contribution in [2.45, 2.75) is 33.1 Å². The molecule has 0 unspecified atom stereocenters. The fourth-order valence-corrected chi connectivity index (χ4v) is 2.54. The van der Waals surface area contributed by atoms with Gasteiger partial charge in [-0.1, -0.05) is 0 Å². The van der Waals surface area contributed by atoms with E-state index in [1.807, 2.05) is 24.8 Å². The van der Waals surface area contributed by atoms with Crippen LogP contribution in [-0.2, 0) is 4.79 Å². The number of nitrogens with one attached hydrogen (secondary N) is 1. The van der Waals surface area contributed by atoms with Gasteiger partial charge in [0.25, 0.3) is 0 Å². The molecule has 0 spiro atoms. The molecule has 0 aliphatic carbocycles. The molecule has 0 saturated carbocycles. The number of hydrogen-bond acceptors (Lipinski definition) is 4. The molecule has 5 nitrogen and oxygen atoms in total. The average Bonchev–Trinajstić information content (AvgIpc) is 2.92. The van der Waals surface area contributed by atoms with Gasteiger partial charge in [-0.15, -0.1) is 0 Å². The van der Waals surface area contributed by atoms with Gasteiger partial charge in [0.15, 0.2) is 0 Å². The Morgan fingerprint density at radius 3 is 2.80 bits per heavy atom. The number of nitrogens with zero attached hydrogens (tertiary/aromatic N) is 3. The Hall–Kier alpha value is -2.09. The fourth-order valence-electron chi connectivity index (χ4n) is 2.54. The van der Waals surface area contributed by atoms with E-state index in [0.29, 0.717) is 18.5 Å². The van der Waals surface area contributed by atoms with Gasteiger partial charge in [0.05, 0.1) is 16.9 Å². The highest BCUT2D eigenvalue weighted by molar-refractivity contribution is 5.77. The van der Waals surface area contributed by atoms with E-state index in [4.69, 9.17) is 5.26 Å². The van der Waals surface area contributed by atoms with E-state index in [1.54, 1.807) is 0 Å². The molecule has 1 fully saturated rings. The molecule has 1 aromatic rings. The van der Waals surface area contributed by atoms with Gasteiger partial charge in [-0.25, -0.2) is 0 Å². The second kappa shape index (κ2) is 6.38. The maximum absolute atomic E-state index is 11.9. The largest absolute Gasteiger partial charge is 0.383 e. The summed E-state index contributed by atoms with van der Waals surface area (Å²) in [4.78, 5) is 18.1. The number of nitriles is 1. The zero-order valence-electron chi connectivity index (χ0n) is 12.1. The van der Waals surface area contributed by atoms with Crippen LogP contribution in [0.1, 0.15) is 36.2 Å². The number of carbonyl (C=O) groups excluding carboxylic acids is 1. The third-order valence-electron chi connectivity index (χ3n) is 3.55. The quantitative estimate of drug-likeness (QED) is 0.910. The first-order valence-corrected chi connectivity index (χ1v) is 7.02. The van der Waals surface area contributed by atoms with Crippen LogP contribution in [0, 0.1) is 25.2 Å². The van der Waals surface area contributed by atoms with Crippen LogP contribution in [0.3, 0.4) is 0 Å². The van der Waals surface area contributed by atoms with E-state index in [0.717, 1.165) is 43.0 Å². The summed E-state index contributed by atoms with van der Waals surface area (Å²) >= 11 is 0. The predicted octanol–water partition coefficient (Wildman–Crippen LogP) is 1.99. The van der Waals surface area contributed by atoms with Gasteiger partial charge >= 0.3 is 0 Å². The predicted molar refractivity (Wildman–Crippen MR) is 77.3 cm³/mol. The Morgan fingerprint density at radius 1 is 1.45 bits per heavy atom. The van der Waals surface area contributed by atoms with Crippen molar-refractivity contribution in [1.29, 1.82) is 5.26 Å². The van der Waals surface area contributed by atoms with Crippen LogP contribution in [-0.4, -0.2) is 35.4 Å². The van der Waals surface area contributed by atoms with Crippen molar-refractivity contribution in [3.05, 3.63) is 23.0 Å². The fraction of sp³-hybridized carbons (Fsp3) is 0.533. The van der Waals surface area contributed by atoms with Gasteiger partial charge in [-0.05, 0) is 32.8 Å². The van der Waals surface area contributed by atoms with E-state index < -0.39 is 0 Å². The number of hydrogen-bond donors (Lipinski definition) is 1. The lowest BCUT2D eigenvalue weighted by Crippen LogP contribution is -2.29. The zero-order valence-corrected chi connectivity index (χ0v) is 12.1. The topological polar surface area (TPSA) is 69.0 Å². The lowest BCUT2D eigenvalue weighted by molar-refractivity contribution is -0.129. The first-order chi connectivity index (χ1) is 9.61. The minimum Gasteiger partial charge on any atom is -0.383 e. The number of aryl methyl sites for hydroxylation is 2. The minimum atomic E-state index is 0.191. The van der Waals surface area contributed by atoms with Crippen LogP contribution < -0.4 is 5.32 Å². The summed E-state index contributed by atoms with van der Waals surface area (Å²) < 4.78 is 0. The molecule has 0 bridgehead atoms. The lowest BCUT2D eigenvalue weighted by atomic mass is 10.1. The van der Waals surface area contributed by atoms with Gasteiger partial charge in [0.2, 0.25) is 5.91 Å². The van der Waals surface area contributed by atoms with E-state index in [1.165, 1.54) is 0 Å². The normalized spacial score (nSPS) is 14.2. The summed E-state index contributed by atoms with van der Waals surface area (Å²) in [5, 5.41) is 12.4. The zero-order chi connectivity index (χ0) is 14.5. The molecule has 0 radical (unpaired) electrons. The van der Waals surface area contributed by atoms with Gasteiger partial charge in [-0.2, -0.15) is 5.26 Å². The molecule has 1 saturated heterocycles. The number of aromatic nitrogens is 1. The van der Waals surface area contributed by atoms with Crippen molar-refractivity contribution in [3.8, 4) is 6.07 Å². The lowest BCUT2D eigenvalue weighted by Gasteiger charge is -2.16. The molecule has 1 amide bonds.